The Morgan fingerprint density at radius 1 is 0.929 bits per heavy atom. The van der Waals surface area contributed by atoms with Gasteiger partial charge < -0.3 is 10.1 Å². The molecule has 28 heavy (non-hydrogen) atoms. The molecule has 5 heteroatoms. The molecule has 0 aromatic heterocycles. The van der Waals surface area contributed by atoms with Crippen molar-refractivity contribution in [2.24, 2.45) is 5.92 Å². The summed E-state index contributed by atoms with van der Waals surface area (Å²) in [6.45, 7) is -0.350. The first kappa shape index (κ1) is 19.8. The maximum Gasteiger partial charge on any atom is 0.306 e. The average molecular weight is 379 g/mol. The number of carbonyl (C=O) groups excluding carboxylic acids is 3. The van der Waals surface area contributed by atoms with Crippen molar-refractivity contribution in [3.63, 3.8) is 0 Å². The van der Waals surface area contributed by atoms with E-state index in [2.05, 4.69) is 5.32 Å². The molecule has 1 aliphatic carbocycles. The molecule has 1 N–H and O–H groups in total. The third-order valence-electron chi connectivity index (χ3n) is 5.08. The van der Waals surface area contributed by atoms with Crippen LogP contribution in [0.25, 0.3) is 0 Å². The summed E-state index contributed by atoms with van der Waals surface area (Å²) in [4.78, 5) is 36.7. The van der Waals surface area contributed by atoms with Crippen LogP contribution in [-0.4, -0.2) is 24.3 Å². The number of ketones is 1. The average Bonchev–Trinajstić information content (AvgIpc) is 3.25. The molecule has 0 saturated heterocycles. The van der Waals surface area contributed by atoms with Gasteiger partial charge >= 0.3 is 5.97 Å². The Morgan fingerprint density at radius 3 is 2.36 bits per heavy atom. The van der Waals surface area contributed by atoms with Crippen molar-refractivity contribution in [1.82, 2.24) is 0 Å². The number of rotatable bonds is 8. The lowest BCUT2D eigenvalue weighted by Crippen LogP contribution is -2.22. The third-order valence-corrected chi connectivity index (χ3v) is 5.08. The number of hydrogen-bond acceptors (Lipinski definition) is 4. The Balaban J connectivity index is 1.52. The summed E-state index contributed by atoms with van der Waals surface area (Å²) >= 11 is 0. The molecule has 0 bridgehead atoms. The van der Waals surface area contributed by atoms with E-state index in [0.29, 0.717) is 29.2 Å². The summed E-state index contributed by atoms with van der Waals surface area (Å²) in [5.74, 6) is -0.375. The van der Waals surface area contributed by atoms with Crippen LogP contribution in [0.5, 0.6) is 0 Å². The van der Waals surface area contributed by atoms with Crippen molar-refractivity contribution >= 4 is 23.3 Å². The van der Waals surface area contributed by atoms with Crippen LogP contribution >= 0.6 is 0 Å². The largest absolute Gasteiger partial charge is 0.456 e. The van der Waals surface area contributed by atoms with Crippen LogP contribution < -0.4 is 5.32 Å². The maximum atomic E-state index is 12.7. The van der Waals surface area contributed by atoms with E-state index in [9.17, 15) is 14.4 Å². The van der Waals surface area contributed by atoms with Gasteiger partial charge in [0.15, 0.2) is 12.4 Å². The van der Waals surface area contributed by atoms with Gasteiger partial charge in [-0.15, -0.1) is 0 Å². The number of amides is 1. The summed E-state index contributed by atoms with van der Waals surface area (Å²) < 4.78 is 5.08. The highest BCUT2D eigenvalue weighted by atomic mass is 16.5. The molecule has 1 fully saturated rings. The van der Waals surface area contributed by atoms with E-state index < -0.39 is 5.91 Å². The summed E-state index contributed by atoms with van der Waals surface area (Å²) in [6.07, 6.45) is 6.02. The van der Waals surface area contributed by atoms with Gasteiger partial charge in [-0.1, -0.05) is 68.1 Å². The summed E-state index contributed by atoms with van der Waals surface area (Å²) in [6, 6.07) is 15.7. The van der Waals surface area contributed by atoms with Crippen molar-refractivity contribution in [3.05, 3.63) is 65.7 Å². The summed E-state index contributed by atoms with van der Waals surface area (Å²) in [5.41, 5.74) is 1.35. The van der Waals surface area contributed by atoms with Gasteiger partial charge in [-0.2, -0.15) is 0 Å². The van der Waals surface area contributed by atoms with E-state index in [1.165, 1.54) is 25.7 Å². The SMILES string of the molecule is O=C(COC(=O)CCC1CCCC1)Nc1ccccc1C(=O)c1ccccc1. The monoisotopic (exact) mass is 379 g/mol. The fourth-order valence-electron chi connectivity index (χ4n) is 3.56. The highest BCUT2D eigenvalue weighted by Crippen LogP contribution is 2.28. The Labute approximate surface area is 165 Å². The fraction of sp³-hybridized carbons (Fsp3) is 0.348. The normalized spacial score (nSPS) is 13.9. The van der Waals surface area contributed by atoms with Gasteiger partial charge in [-0.3, -0.25) is 14.4 Å². The number of carbonyl (C=O) groups is 3. The van der Waals surface area contributed by atoms with Crippen molar-refractivity contribution in [3.8, 4) is 0 Å². The molecule has 2 aromatic rings. The molecule has 0 spiro atoms. The van der Waals surface area contributed by atoms with Gasteiger partial charge in [0.2, 0.25) is 0 Å². The topological polar surface area (TPSA) is 72.5 Å². The number of para-hydroxylation sites is 1. The van der Waals surface area contributed by atoms with E-state index in [4.69, 9.17) is 4.74 Å². The molecule has 0 aliphatic heterocycles. The van der Waals surface area contributed by atoms with Crippen LogP contribution in [0.15, 0.2) is 54.6 Å². The first-order valence-electron chi connectivity index (χ1n) is 9.78. The quantitative estimate of drug-likeness (QED) is 0.546. The second-order valence-corrected chi connectivity index (χ2v) is 7.14. The standard InChI is InChI=1S/C23H25NO4/c25-21(16-28-22(26)15-14-17-8-4-5-9-17)24-20-13-7-6-12-19(20)23(27)18-10-2-1-3-11-18/h1-3,6-7,10-13,17H,4-5,8-9,14-16H2,(H,24,25). The van der Waals surface area contributed by atoms with Gasteiger partial charge in [0, 0.05) is 17.5 Å². The molecule has 0 unspecified atom stereocenters. The number of anilines is 1. The van der Waals surface area contributed by atoms with E-state index in [-0.39, 0.29) is 18.4 Å². The fourth-order valence-corrected chi connectivity index (χ4v) is 3.56. The maximum absolute atomic E-state index is 12.7. The van der Waals surface area contributed by atoms with Crippen LogP contribution in [0.4, 0.5) is 5.69 Å². The minimum absolute atomic E-state index is 0.176. The van der Waals surface area contributed by atoms with Gasteiger partial charge in [0.1, 0.15) is 0 Å². The predicted octanol–water partition coefficient (Wildman–Crippen LogP) is 4.37. The Hall–Kier alpha value is -2.95. The molecule has 2 aromatic carbocycles. The van der Waals surface area contributed by atoms with E-state index in [0.717, 1.165) is 6.42 Å². The molecule has 1 aliphatic rings. The van der Waals surface area contributed by atoms with Gasteiger partial charge in [-0.25, -0.2) is 0 Å². The van der Waals surface area contributed by atoms with Gasteiger partial charge in [0.05, 0.1) is 5.69 Å². The summed E-state index contributed by atoms with van der Waals surface area (Å²) in [7, 11) is 0. The third kappa shape index (κ3) is 5.52. The van der Waals surface area contributed by atoms with Gasteiger partial charge in [0.25, 0.3) is 5.91 Å². The number of esters is 1. The van der Waals surface area contributed by atoms with Crippen molar-refractivity contribution in [2.45, 2.75) is 38.5 Å². The number of nitrogens with one attached hydrogen (secondary N) is 1. The smallest absolute Gasteiger partial charge is 0.306 e. The zero-order valence-corrected chi connectivity index (χ0v) is 15.9. The molecule has 1 saturated carbocycles. The zero-order chi connectivity index (χ0) is 19.8. The highest BCUT2D eigenvalue weighted by molar-refractivity contribution is 6.13. The molecular weight excluding hydrogens is 354 g/mol. The molecule has 0 atom stereocenters. The van der Waals surface area contributed by atoms with E-state index in [1.54, 1.807) is 48.5 Å². The molecular formula is C23H25NO4. The minimum atomic E-state index is -0.456. The molecule has 0 radical (unpaired) electrons. The Morgan fingerprint density at radius 2 is 1.61 bits per heavy atom. The second kappa shape index (κ2) is 9.83. The molecule has 0 heterocycles. The van der Waals surface area contributed by atoms with Crippen LogP contribution in [0.2, 0.25) is 0 Å². The van der Waals surface area contributed by atoms with Crippen molar-refractivity contribution in [2.75, 3.05) is 11.9 Å². The first-order valence-corrected chi connectivity index (χ1v) is 9.78. The molecule has 1 amide bonds. The molecule has 3 rings (SSSR count). The Kier molecular flexibility index (Phi) is 6.95. The first-order chi connectivity index (χ1) is 13.6. The van der Waals surface area contributed by atoms with E-state index >= 15 is 0 Å². The Bertz CT molecular complexity index is 826. The van der Waals surface area contributed by atoms with Gasteiger partial charge in [-0.05, 0) is 24.5 Å². The number of benzene rings is 2. The number of ether oxygens (including phenoxy) is 1. The lowest BCUT2D eigenvalue weighted by molar-refractivity contribution is -0.147. The molecule has 5 nitrogen and oxygen atoms in total. The minimum Gasteiger partial charge on any atom is -0.456 e. The van der Waals surface area contributed by atoms with Crippen molar-refractivity contribution in [1.29, 1.82) is 0 Å². The predicted molar refractivity (Wildman–Crippen MR) is 107 cm³/mol. The lowest BCUT2D eigenvalue weighted by Gasteiger charge is -2.11. The van der Waals surface area contributed by atoms with Crippen LogP contribution in [0.3, 0.4) is 0 Å². The molecule has 146 valence electrons. The highest BCUT2D eigenvalue weighted by Gasteiger charge is 2.18. The van der Waals surface area contributed by atoms with Crippen LogP contribution in [-0.2, 0) is 14.3 Å². The van der Waals surface area contributed by atoms with E-state index in [1.807, 2.05) is 6.07 Å². The van der Waals surface area contributed by atoms with Crippen LogP contribution in [0, 0.1) is 5.92 Å². The van der Waals surface area contributed by atoms with Crippen LogP contribution in [0.1, 0.15) is 54.4 Å². The van der Waals surface area contributed by atoms with Crippen molar-refractivity contribution < 1.29 is 19.1 Å². The lowest BCUT2D eigenvalue weighted by atomic mass is 10.0. The second-order valence-electron chi connectivity index (χ2n) is 7.14. The summed E-state index contributed by atoms with van der Waals surface area (Å²) in [5, 5.41) is 2.68. The zero-order valence-electron chi connectivity index (χ0n) is 15.9. The number of hydrogen-bond donors (Lipinski definition) is 1.